The summed E-state index contributed by atoms with van der Waals surface area (Å²) in [5.74, 6) is -2.25. The lowest BCUT2D eigenvalue weighted by molar-refractivity contribution is 0.0690. The van der Waals surface area contributed by atoms with Crippen molar-refractivity contribution in [3.63, 3.8) is 0 Å². The first-order chi connectivity index (χ1) is 9.00. The van der Waals surface area contributed by atoms with Crippen molar-refractivity contribution >= 4 is 21.9 Å². The van der Waals surface area contributed by atoms with E-state index < -0.39 is 23.0 Å². The fourth-order valence-corrected chi connectivity index (χ4v) is 2.31. The zero-order chi connectivity index (χ0) is 14.0. The second-order valence-corrected chi connectivity index (χ2v) is 4.91. The van der Waals surface area contributed by atoms with Crippen molar-refractivity contribution in [2.45, 2.75) is 6.42 Å². The molecule has 0 amide bonds. The van der Waals surface area contributed by atoms with E-state index >= 15 is 0 Å². The molecule has 5 heteroatoms. The molecule has 0 fully saturated rings. The van der Waals surface area contributed by atoms with Crippen molar-refractivity contribution in [3.05, 3.63) is 57.6 Å². The molecule has 0 aliphatic carbocycles. The average Bonchev–Trinajstić information content (AvgIpc) is 2.37. The molecule has 2 rings (SSSR count). The van der Waals surface area contributed by atoms with Gasteiger partial charge in [-0.2, -0.15) is 0 Å². The number of phenols is 2. The van der Waals surface area contributed by atoms with Gasteiger partial charge in [0, 0.05) is 12.0 Å². The van der Waals surface area contributed by atoms with Crippen LogP contribution in [0.4, 0.5) is 0 Å². The number of aromatic carboxylic acids is 1. The van der Waals surface area contributed by atoms with Gasteiger partial charge in [0.15, 0.2) is 0 Å². The van der Waals surface area contributed by atoms with Gasteiger partial charge in [-0.15, -0.1) is 0 Å². The van der Waals surface area contributed by atoms with Crippen LogP contribution in [0.1, 0.15) is 21.5 Å². The number of rotatable bonds is 3. The Morgan fingerprint density at radius 2 is 1.74 bits per heavy atom. The molecule has 0 aliphatic heterocycles. The van der Waals surface area contributed by atoms with Crippen LogP contribution in [0, 0.1) is 0 Å². The molecule has 0 aliphatic rings. The lowest BCUT2D eigenvalue weighted by Gasteiger charge is -2.11. The Morgan fingerprint density at radius 1 is 1.11 bits per heavy atom. The molecule has 0 heterocycles. The Labute approximate surface area is 118 Å². The fraction of sp³-hybridized carbons (Fsp3) is 0.0714. The monoisotopic (exact) mass is 322 g/mol. The Bertz CT molecular complexity index is 623. The van der Waals surface area contributed by atoms with E-state index in [1.807, 2.05) is 30.3 Å². The molecule has 3 N–H and O–H groups in total. The largest absolute Gasteiger partial charge is 0.507 e. The van der Waals surface area contributed by atoms with Gasteiger partial charge in [0.1, 0.15) is 17.1 Å². The van der Waals surface area contributed by atoms with Crippen LogP contribution in [0.3, 0.4) is 0 Å². The molecular weight excluding hydrogens is 312 g/mol. The maximum atomic E-state index is 11.1. The third-order valence-electron chi connectivity index (χ3n) is 2.76. The lowest BCUT2D eigenvalue weighted by Crippen LogP contribution is -2.01. The van der Waals surface area contributed by atoms with Crippen LogP contribution < -0.4 is 0 Å². The number of carboxylic acid groups (broad SMARTS) is 1. The first kappa shape index (κ1) is 13.4. The van der Waals surface area contributed by atoms with E-state index in [2.05, 4.69) is 15.9 Å². The maximum absolute atomic E-state index is 11.1. The summed E-state index contributed by atoms with van der Waals surface area (Å²) >= 11 is 3.09. The molecule has 0 saturated carbocycles. The molecule has 2 aromatic rings. The van der Waals surface area contributed by atoms with E-state index in [1.165, 1.54) is 6.07 Å². The van der Waals surface area contributed by atoms with Crippen LogP contribution in [0.2, 0.25) is 0 Å². The van der Waals surface area contributed by atoms with Crippen molar-refractivity contribution in [1.29, 1.82) is 0 Å². The zero-order valence-electron chi connectivity index (χ0n) is 9.80. The minimum atomic E-state index is -1.37. The molecule has 19 heavy (non-hydrogen) atoms. The standard InChI is InChI=1S/C14H11BrO4/c15-10-7-9(6-8-4-2-1-3-5-8)12(16)11(13(10)17)14(18)19/h1-5,7,16-17H,6H2,(H,18,19). The number of carbonyl (C=O) groups is 1. The van der Waals surface area contributed by atoms with Gasteiger partial charge in [-0.25, -0.2) is 4.79 Å². The van der Waals surface area contributed by atoms with Crippen molar-refractivity contribution in [2.24, 2.45) is 0 Å². The third kappa shape index (κ3) is 2.71. The topological polar surface area (TPSA) is 77.8 Å². The van der Waals surface area contributed by atoms with Gasteiger partial charge in [0.05, 0.1) is 4.47 Å². The highest BCUT2D eigenvalue weighted by atomic mass is 79.9. The van der Waals surface area contributed by atoms with Crippen molar-refractivity contribution < 1.29 is 20.1 Å². The van der Waals surface area contributed by atoms with Crippen LogP contribution in [-0.2, 0) is 6.42 Å². The Morgan fingerprint density at radius 3 is 2.32 bits per heavy atom. The van der Waals surface area contributed by atoms with Crippen molar-refractivity contribution in [1.82, 2.24) is 0 Å². The summed E-state index contributed by atoms with van der Waals surface area (Å²) in [6.07, 6.45) is 0.381. The predicted molar refractivity (Wildman–Crippen MR) is 73.7 cm³/mol. The number of aromatic hydroxyl groups is 2. The van der Waals surface area contributed by atoms with E-state index in [9.17, 15) is 15.0 Å². The average molecular weight is 323 g/mol. The van der Waals surface area contributed by atoms with Crippen LogP contribution in [0.15, 0.2) is 40.9 Å². The second kappa shape index (κ2) is 5.32. The summed E-state index contributed by atoms with van der Waals surface area (Å²) < 4.78 is 0.244. The van der Waals surface area contributed by atoms with Crippen molar-refractivity contribution in [3.8, 4) is 11.5 Å². The second-order valence-electron chi connectivity index (χ2n) is 4.06. The quantitative estimate of drug-likeness (QED) is 0.811. The summed E-state index contributed by atoms with van der Waals surface area (Å²) in [6, 6.07) is 10.9. The smallest absolute Gasteiger partial charge is 0.343 e. The van der Waals surface area contributed by atoms with Gasteiger partial charge in [-0.05, 0) is 27.6 Å². The highest BCUT2D eigenvalue weighted by Gasteiger charge is 2.21. The summed E-state index contributed by atoms with van der Waals surface area (Å²) in [5, 5.41) is 28.6. The molecule has 0 saturated heterocycles. The molecule has 0 spiro atoms. The van der Waals surface area contributed by atoms with Crippen molar-refractivity contribution in [2.75, 3.05) is 0 Å². The SMILES string of the molecule is O=C(O)c1c(O)c(Br)cc(Cc2ccccc2)c1O. The number of halogens is 1. The zero-order valence-corrected chi connectivity index (χ0v) is 11.4. The van der Waals surface area contributed by atoms with Crippen LogP contribution in [-0.4, -0.2) is 21.3 Å². The number of hydrogen-bond acceptors (Lipinski definition) is 3. The van der Waals surface area contributed by atoms with E-state index in [0.29, 0.717) is 12.0 Å². The highest BCUT2D eigenvalue weighted by Crippen LogP contribution is 2.38. The Balaban J connectivity index is 2.50. The molecular formula is C14H11BrO4. The van der Waals surface area contributed by atoms with E-state index in [4.69, 9.17) is 5.11 Å². The van der Waals surface area contributed by atoms with Crippen LogP contribution in [0.25, 0.3) is 0 Å². The summed E-state index contributed by atoms with van der Waals surface area (Å²) in [6.45, 7) is 0. The molecule has 98 valence electrons. The number of benzene rings is 2. The lowest BCUT2D eigenvalue weighted by atomic mass is 10.0. The van der Waals surface area contributed by atoms with Gasteiger partial charge < -0.3 is 15.3 Å². The maximum Gasteiger partial charge on any atom is 0.343 e. The molecule has 0 atom stereocenters. The molecule has 0 radical (unpaired) electrons. The molecule has 0 bridgehead atoms. The molecule has 0 unspecified atom stereocenters. The number of hydrogen-bond donors (Lipinski definition) is 3. The van der Waals surface area contributed by atoms with E-state index in [1.54, 1.807) is 0 Å². The molecule has 0 aromatic heterocycles. The summed E-state index contributed by atoms with van der Waals surface area (Å²) in [5.41, 5.74) is 0.889. The minimum absolute atomic E-state index is 0.244. The highest BCUT2D eigenvalue weighted by molar-refractivity contribution is 9.10. The Hall–Kier alpha value is -2.01. The summed E-state index contributed by atoms with van der Waals surface area (Å²) in [4.78, 5) is 11.1. The van der Waals surface area contributed by atoms with Gasteiger partial charge in [-0.1, -0.05) is 30.3 Å². The first-order valence-electron chi connectivity index (χ1n) is 5.51. The normalized spacial score (nSPS) is 10.4. The van der Waals surface area contributed by atoms with Gasteiger partial charge in [0.25, 0.3) is 0 Å². The van der Waals surface area contributed by atoms with E-state index in [-0.39, 0.29) is 4.47 Å². The van der Waals surface area contributed by atoms with E-state index in [0.717, 1.165) is 5.56 Å². The van der Waals surface area contributed by atoms with Gasteiger partial charge in [0.2, 0.25) is 0 Å². The molecule has 4 nitrogen and oxygen atoms in total. The minimum Gasteiger partial charge on any atom is -0.507 e. The first-order valence-corrected chi connectivity index (χ1v) is 6.30. The Kier molecular flexibility index (Phi) is 3.76. The summed E-state index contributed by atoms with van der Waals surface area (Å²) in [7, 11) is 0. The van der Waals surface area contributed by atoms with Crippen LogP contribution >= 0.6 is 15.9 Å². The number of carboxylic acids is 1. The molecule has 2 aromatic carbocycles. The predicted octanol–water partition coefficient (Wildman–Crippen LogP) is 3.15. The van der Waals surface area contributed by atoms with Gasteiger partial charge >= 0.3 is 5.97 Å². The fourth-order valence-electron chi connectivity index (χ4n) is 1.83. The third-order valence-corrected chi connectivity index (χ3v) is 3.36. The van der Waals surface area contributed by atoms with Gasteiger partial charge in [-0.3, -0.25) is 0 Å². The van der Waals surface area contributed by atoms with Crippen LogP contribution in [0.5, 0.6) is 11.5 Å².